The van der Waals surface area contributed by atoms with Gasteiger partial charge in [0.1, 0.15) is 24.0 Å². The van der Waals surface area contributed by atoms with Crippen molar-refractivity contribution in [3.63, 3.8) is 0 Å². The Morgan fingerprint density at radius 2 is 1.71 bits per heavy atom. The van der Waals surface area contributed by atoms with E-state index in [-0.39, 0.29) is 36.8 Å². The van der Waals surface area contributed by atoms with Crippen molar-refractivity contribution >= 4 is 33.7 Å². The number of nitrogens with zero attached hydrogens (tertiary/aromatic N) is 1. The first kappa shape index (κ1) is 29.6. The zero-order chi connectivity index (χ0) is 26.6. The van der Waals surface area contributed by atoms with Crippen molar-refractivity contribution in [2.75, 3.05) is 25.2 Å². The number of benzene rings is 1. The summed E-state index contributed by atoms with van der Waals surface area (Å²) >= 11 is 0. The molecule has 1 atom stereocenters. The molecule has 0 aliphatic heterocycles. The smallest absolute Gasteiger partial charge is 0.408 e. The number of carbonyl (C=O) groups excluding carboxylic acids is 3. The second-order valence-corrected chi connectivity index (χ2v) is 10.8. The van der Waals surface area contributed by atoms with Crippen LogP contribution in [0.1, 0.15) is 40.0 Å². The van der Waals surface area contributed by atoms with Gasteiger partial charge in [-0.3, -0.25) is 10.1 Å². The van der Waals surface area contributed by atoms with Gasteiger partial charge in [0.15, 0.2) is 9.84 Å². The van der Waals surface area contributed by atoms with Crippen molar-refractivity contribution in [1.82, 2.24) is 10.6 Å². The lowest BCUT2D eigenvalue weighted by molar-refractivity contribution is -0.384. The number of rotatable bonds is 12. The fourth-order valence-electron chi connectivity index (χ4n) is 2.52. The average Bonchev–Trinajstić information content (AvgIpc) is 2.70. The van der Waals surface area contributed by atoms with Crippen molar-refractivity contribution in [2.24, 2.45) is 0 Å². The van der Waals surface area contributed by atoms with E-state index in [4.69, 9.17) is 14.2 Å². The summed E-state index contributed by atoms with van der Waals surface area (Å²) in [7, 11) is -3.24. The topological polar surface area (TPSA) is 180 Å². The zero-order valence-electron chi connectivity index (χ0n) is 20.1. The lowest BCUT2D eigenvalue weighted by Gasteiger charge is -2.23. The maximum atomic E-state index is 12.6. The van der Waals surface area contributed by atoms with Gasteiger partial charge in [-0.25, -0.2) is 22.8 Å². The predicted octanol–water partition coefficient (Wildman–Crippen LogP) is 2.33. The molecule has 0 aromatic heterocycles. The summed E-state index contributed by atoms with van der Waals surface area (Å²) in [5.74, 6) is -1.01. The van der Waals surface area contributed by atoms with Crippen LogP contribution in [-0.2, 0) is 24.1 Å². The van der Waals surface area contributed by atoms with Gasteiger partial charge in [0, 0.05) is 24.9 Å². The summed E-state index contributed by atoms with van der Waals surface area (Å²) in [6.07, 6.45) is 0.390. The average molecular weight is 518 g/mol. The van der Waals surface area contributed by atoms with Gasteiger partial charge in [0.2, 0.25) is 0 Å². The summed E-state index contributed by atoms with van der Waals surface area (Å²) in [5.41, 5.74) is -0.964. The largest absolute Gasteiger partial charge is 0.448 e. The first-order valence-electron chi connectivity index (χ1n) is 10.7. The Morgan fingerprint density at radius 1 is 1.09 bits per heavy atom. The van der Waals surface area contributed by atoms with Crippen LogP contribution in [-0.4, -0.2) is 68.3 Å². The number of sulfone groups is 1. The lowest BCUT2D eigenvalue weighted by atomic mass is 10.1. The molecule has 0 heterocycles. The number of nitro groups is 1. The minimum absolute atomic E-state index is 0.0649. The first-order chi connectivity index (χ1) is 16.2. The number of esters is 1. The number of amides is 2. The molecule has 0 spiro atoms. The van der Waals surface area contributed by atoms with Gasteiger partial charge in [-0.1, -0.05) is 0 Å². The van der Waals surface area contributed by atoms with Gasteiger partial charge >= 0.3 is 18.2 Å². The van der Waals surface area contributed by atoms with Gasteiger partial charge in [-0.2, -0.15) is 0 Å². The van der Waals surface area contributed by atoms with Crippen LogP contribution in [0, 0.1) is 10.1 Å². The minimum Gasteiger partial charge on any atom is -0.448 e. The fourth-order valence-corrected chi connectivity index (χ4v) is 2.91. The van der Waals surface area contributed by atoms with Crippen LogP contribution in [0.4, 0.5) is 15.3 Å². The molecule has 0 radical (unpaired) electrons. The standard InChI is InChI=1S/C21H31N3O10S/c1-21(2,3)34-20(27)23-17(18(25)33-16-10-8-15(9-11-16)24(28)29)7-5-6-12-22-19(26)32-13-14-35(4,30)31/h8-11,17H,5-7,12-14H2,1-4H3,(H,22,26)(H,23,27). The number of alkyl carbamates (subject to hydrolysis) is 2. The summed E-state index contributed by atoms with van der Waals surface area (Å²) in [5, 5.41) is 15.7. The van der Waals surface area contributed by atoms with Gasteiger partial charge in [0.05, 0.1) is 10.7 Å². The molecule has 1 aromatic rings. The molecule has 2 N–H and O–H groups in total. The molecule has 1 rings (SSSR count). The number of non-ortho nitro benzene ring substituents is 1. The third kappa shape index (κ3) is 13.8. The molecule has 0 aliphatic carbocycles. The quantitative estimate of drug-likeness (QED) is 0.137. The van der Waals surface area contributed by atoms with Crippen molar-refractivity contribution in [2.45, 2.75) is 51.7 Å². The van der Waals surface area contributed by atoms with Crippen LogP contribution in [0.3, 0.4) is 0 Å². The lowest BCUT2D eigenvalue weighted by Crippen LogP contribution is -2.45. The first-order valence-corrected chi connectivity index (χ1v) is 12.8. The van der Waals surface area contributed by atoms with E-state index < -0.39 is 44.6 Å². The number of hydrogen-bond acceptors (Lipinski definition) is 10. The summed E-state index contributed by atoms with van der Waals surface area (Å²) < 4.78 is 37.2. The third-order valence-corrected chi connectivity index (χ3v) is 5.03. The molecule has 35 heavy (non-hydrogen) atoms. The highest BCUT2D eigenvalue weighted by molar-refractivity contribution is 7.90. The molecule has 1 aromatic carbocycles. The molecular formula is C21H31N3O10S. The Labute approximate surface area is 203 Å². The van der Waals surface area contributed by atoms with E-state index in [0.29, 0.717) is 12.8 Å². The Balaban J connectivity index is 2.61. The van der Waals surface area contributed by atoms with Crippen LogP contribution < -0.4 is 15.4 Å². The van der Waals surface area contributed by atoms with E-state index in [0.717, 1.165) is 6.26 Å². The molecule has 0 fully saturated rings. The molecule has 1 unspecified atom stereocenters. The summed E-state index contributed by atoms with van der Waals surface area (Å²) in [6, 6.07) is 3.81. The second-order valence-electron chi connectivity index (χ2n) is 8.56. The van der Waals surface area contributed by atoms with Crippen LogP contribution >= 0.6 is 0 Å². The number of ether oxygens (including phenoxy) is 3. The molecule has 0 saturated heterocycles. The highest BCUT2D eigenvalue weighted by Crippen LogP contribution is 2.18. The summed E-state index contributed by atoms with van der Waals surface area (Å²) in [6.45, 7) is 4.92. The van der Waals surface area contributed by atoms with Crippen molar-refractivity contribution in [3.8, 4) is 5.75 Å². The maximum Gasteiger partial charge on any atom is 0.408 e. The second kappa shape index (κ2) is 13.5. The predicted molar refractivity (Wildman–Crippen MR) is 125 cm³/mol. The van der Waals surface area contributed by atoms with Crippen LogP contribution in [0.5, 0.6) is 5.75 Å². The number of unbranched alkanes of at least 4 members (excludes halogenated alkanes) is 1. The van der Waals surface area contributed by atoms with E-state index in [9.17, 15) is 32.9 Å². The van der Waals surface area contributed by atoms with Crippen molar-refractivity contribution < 1.29 is 41.9 Å². The number of carbonyl (C=O) groups is 3. The van der Waals surface area contributed by atoms with Gasteiger partial charge in [-0.15, -0.1) is 0 Å². The van der Waals surface area contributed by atoms with Crippen molar-refractivity contribution in [3.05, 3.63) is 34.4 Å². The van der Waals surface area contributed by atoms with Crippen LogP contribution in [0.25, 0.3) is 0 Å². The highest BCUT2D eigenvalue weighted by Gasteiger charge is 2.26. The normalized spacial score (nSPS) is 12.2. The van der Waals surface area contributed by atoms with Crippen molar-refractivity contribution in [1.29, 1.82) is 0 Å². The summed E-state index contributed by atoms with van der Waals surface area (Å²) in [4.78, 5) is 46.5. The fraction of sp³-hybridized carbons (Fsp3) is 0.571. The van der Waals surface area contributed by atoms with E-state index >= 15 is 0 Å². The maximum absolute atomic E-state index is 12.6. The third-order valence-electron chi connectivity index (χ3n) is 4.12. The molecule has 2 amide bonds. The van der Waals surface area contributed by atoms with Gasteiger partial charge < -0.3 is 24.8 Å². The van der Waals surface area contributed by atoms with Gasteiger partial charge in [0.25, 0.3) is 5.69 Å². The van der Waals surface area contributed by atoms with E-state index in [2.05, 4.69) is 10.6 Å². The van der Waals surface area contributed by atoms with E-state index in [1.54, 1.807) is 20.8 Å². The van der Waals surface area contributed by atoms with E-state index in [1.165, 1.54) is 24.3 Å². The minimum atomic E-state index is -3.24. The van der Waals surface area contributed by atoms with Crippen LogP contribution in [0.15, 0.2) is 24.3 Å². The zero-order valence-corrected chi connectivity index (χ0v) is 20.9. The molecule has 0 bridgehead atoms. The number of hydrogen-bond donors (Lipinski definition) is 2. The molecular weight excluding hydrogens is 486 g/mol. The Bertz CT molecular complexity index is 988. The molecule has 14 heteroatoms. The number of nitrogens with one attached hydrogen (secondary N) is 2. The van der Waals surface area contributed by atoms with E-state index in [1.807, 2.05) is 0 Å². The monoisotopic (exact) mass is 517 g/mol. The van der Waals surface area contributed by atoms with Crippen LogP contribution in [0.2, 0.25) is 0 Å². The molecule has 0 saturated carbocycles. The molecule has 13 nitrogen and oxygen atoms in total. The Kier molecular flexibility index (Phi) is 11.4. The molecule has 196 valence electrons. The Morgan fingerprint density at radius 3 is 2.26 bits per heavy atom. The van der Waals surface area contributed by atoms with Gasteiger partial charge in [-0.05, 0) is 52.2 Å². The SMILES string of the molecule is CC(C)(C)OC(=O)NC(CCCCNC(=O)OCCS(C)(=O)=O)C(=O)Oc1ccc([N+](=O)[O-])cc1. The number of nitro benzene ring substituents is 1. The highest BCUT2D eigenvalue weighted by atomic mass is 32.2. The Hall–Kier alpha value is -3.42. The molecule has 0 aliphatic rings.